The highest BCUT2D eigenvalue weighted by Gasteiger charge is 2.16. The van der Waals surface area contributed by atoms with Crippen molar-refractivity contribution in [3.8, 4) is 0 Å². The quantitative estimate of drug-likeness (QED) is 0.901. The Morgan fingerprint density at radius 2 is 2.42 bits per heavy atom. The third-order valence-corrected chi connectivity index (χ3v) is 3.43. The number of halogens is 1. The van der Waals surface area contributed by atoms with Gasteiger partial charge in [0.1, 0.15) is 5.02 Å². The van der Waals surface area contributed by atoms with Crippen molar-refractivity contribution in [1.29, 1.82) is 0 Å². The van der Waals surface area contributed by atoms with Crippen LogP contribution in [0.3, 0.4) is 0 Å². The molecule has 0 bridgehead atoms. The molecule has 5 nitrogen and oxygen atoms in total. The lowest BCUT2D eigenvalue weighted by Crippen LogP contribution is -2.27. The second-order valence-corrected chi connectivity index (χ2v) is 5.65. The van der Waals surface area contributed by atoms with Gasteiger partial charge in [0.15, 0.2) is 0 Å². The molecule has 2 heterocycles. The van der Waals surface area contributed by atoms with Gasteiger partial charge in [-0.25, -0.2) is 4.68 Å². The highest BCUT2D eigenvalue weighted by atomic mass is 35.5. The summed E-state index contributed by atoms with van der Waals surface area (Å²) in [6.07, 6.45) is 3.95. The molecule has 1 N–H and O–H groups in total. The second kappa shape index (κ2) is 6.39. The summed E-state index contributed by atoms with van der Waals surface area (Å²) in [6.45, 7) is 6.12. The average molecular weight is 286 g/mol. The molecule has 0 saturated carbocycles. The maximum atomic E-state index is 12.0. The molecular formula is C13H20ClN3O2. The zero-order valence-corrected chi connectivity index (χ0v) is 12.1. The lowest BCUT2D eigenvalue weighted by molar-refractivity contribution is 0.120. The minimum absolute atomic E-state index is 0.202. The van der Waals surface area contributed by atoms with Crippen LogP contribution < -0.4 is 10.9 Å². The van der Waals surface area contributed by atoms with Crippen LogP contribution in [0.5, 0.6) is 0 Å². The van der Waals surface area contributed by atoms with E-state index in [2.05, 4.69) is 10.4 Å². The molecule has 1 aromatic heterocycles. The van der Waals surface area contributed by atoms with Gasteiger partial charge in [-0.3, -0.25) is 4.79 Å². The minimum atomic E-state index is -0.243. The highest BCUT2D eigenvalue weighted by Crippen LogP contribution is 2.18. The number of anilines is 1. The maximum absolute atomic E-state index is 12.0. The third-order valence-electron chi connectivity index (χ3n) is 3.07. The van der Waals surface area contributed by atoms with Crippen LogP contribution in [0.4, 0.5) is 5.69 Å². The van der Waals surface area contributed by atoms with E-state index in [1.807, 2.05) is 13.8 Å². The van der Waals surface area contributed by atoms with E-state index in [0.717, 1.165) is 19.4 Å². The molecule has 1 unspecified atom stereocenters. The first kappa shape index (κ1) is 14.3. The first-order chi connectivity index (χ1) is 9.08. The molecule has 19 heavy (non-hydrogen) atoms. The van der Waals surface area contributed by atoms with Crippen LogP contribution in [-0.4, -0.2) is 29.0 Å². The average Bonchev–Trinajstić information content (AvgIpc) is 2.87. The Kier molecular flexibility index (Phi) is 4.82. The van der Waals surface area contributed by atoms with Crippen molar-refractivity contribution in [2.45, 2.75) is 39.3 Å². The van der Waals surface area contributed by atoms with Crippen molar-refractivity contribution in [2.24, 2.45) is 5.92 Å². The van der Waals surface area contributed by atoms with Crippen molar-refractivity contribution in [3.05, 3.63) is 21.6 Å². The van der Waals surface area contributed by atoms with Crippen LogP contribution in [0.25, 0.3) is 0 Å². The van der Waals surface area contributed by atoms with Gasteiger partial charge in [-0.05, 0) is 18.8 Å². The summed E-state index contributed by atoms with van der Waals surface area (Å²) in [5.74, 6) is 0.354. The Balaban J connectivity index is 2.05. The largest absolute Gasteiger partial charge is 0.380 e. The first-order valence-electron chi connectivity index (χ1n) is 6.69. The third kappa shape index (κ3) is 3.70. The van der Waals surface area contributed by atoms with Crippen molar-refractivity contribution in [3.63, 3.8) is 0 Å². The van der Waals surface area contributed by atoms with E-state index < -0.39 is 0 Å². The topological polar surface area (TPSA) is 56.1 Å². The maximum Gasteiger partial charge on any atom is 0.287 e. The second-order valence-electron chi connectivity index (χ2n) is 5.27. The molecule has 1 aliphatic heterocycles. The molecule has 1 aliphatic rings. The Morgan fingerprint density at radius 3 is 3.05 bits per heavy atom. The number of hydrogen-bond donors (Lipinski definition) is 1. The van der Waals surface area contributed by atoms with E-state index in [4.69, 9.17) is 16.3 Å². The Hall–Kier alpha value is -1.07. The standard InChI is InChI=1S/C13H20ClN3O2/c1-9(2)8-17-13(18)12(14)11(7-16-17)15-6-10-4-3-5-19-10/h7,9-10,15H,3-6,8H2,1-2H3. The lowest BCUT2D eigenvalue weighted by atomic mass is 10.2. The normalized spacial score (nSPS) is 19.1. The van der Waals surface area contributed by atoms with E-state index in [1.165, 1.54) is 4.68 Å². The van der Waals surface area contributed by atoms with Crippen LogP contribution in [0.2, 0.25) is 5.02 Å². The molecule has 0 spiro atoms. The van der Waals surface area contributed by atoms with Gasteiger partial charge >= 0.3 is 0 Å². The van der Waals surface area contributed by atoms with Gasteiger partial charge in [-0.1, -0.05) is 25.4 Å². The fourth-order valence-electron chi connectivity index (χ4n) is 2.09. The predicted molar refractivity (Wildman–Crippen MR) is 75.8 cm³/mol. The molecule has 0 aromatic carbocycles. The van der Waals surface area contributed by atoms with Crippen LogP contribution >= 0.6 is 11.6 Å². The zero-order chi connectivity index (χ0) is 13.8. The van der Waals surface area contributed by atoms with Gasteiger partial charge in [0.25, 0.3) is 5.56 Å². The summed E-state index contributed by atoms with van der Waals surface area (Å²) in [7, 11) is 0. The number of nitrogens with one attached hydrogen (secondary N) is 1. The Morgan fingerprint density at radius 1 is 1.63 bits per heavy atom. The van der Waals surface area contributed by atoms with Gasteiger partial charge in [0.05, 0.1) is 18.0 Å². The molecule has 0 amide bonds. The molecule has 106 valence electrons. The number of rotatable bonds is 5. The SMILES string of the molecule is CC(C)Cn1ncc(NCC2CCCO2)c(Cl)c1=O. The van der Waals surface area contributed by atoms with Crippen molar-refractivity contribution in [1.82, 2.24) is 9.78 Å². The fourth-order valence-corrected chi connectivity index (χ4v) is 2.31. The van der Waals surface area contributed by atoms with E-state index in [9.17, 15) is 4.79 Å². The van der Waals surface area contributed by atoms with Crippen LogP contribution in [0.15, 0.2) is 11.0 Å². The summed E-state index contributed by atoms with van der Waals surface area (Å²) < 4.78 is 6.92. The van der Waals surface area contributed by atoms with Crippen molar-refractivity contribution in [2.75, 3.05) is 18.5 Å². The number of aromatic nitrogens is 2. The molecule has 1 fully saturated rings. The molecule has 0 aliphatic carbocycles. The van der Waals surface area contributed by atoms with E-state index in [0.29, 0.717) is 24.7 Å². The number of ether oxygens (including phenoxy) is 1. The van der Waals surface area contributed by atoms with Gasteiger partial charge in [0, 0.05) is 19.7 Å². The van der Waals surface area contributed by atoms with Crippen molar-refractivity contribution < 1.29 is 4.74 Å². The molecule has 0 radical (unpaired) electrons. The Labute approximate surface area is 117 Å². The summed E-state index contributed by atoms with van der Waals surface area (Å²) in [5.41, 5.74) is 0.342. The molecular weight excluding hydrogens is 266 g/mol. The monoisotopic (exact) mass is 285 g/mol. The Bertz CT molecular complexity index is 481. The van der Waals surface area contributed by atoms with Gasteiger partial charge < -0.3 is 10.1 Å². The zero-order valence-electron chi connectivity index (χ0n) is 11.4. The van der Waals surface area contributed by atoms with Crippen molar-refractivity contribution >= 4 is 17.3 Å². The van der Waals surface area contributed by atoms with Gasteiger partial charge in [-0.2, -0.15) is 5.10 Å². The highest BCUT2D eigenvalue weighted by molar-refractivity contribution is 6.32. The minimum Gasteiger partial charge on any atom is -0.380 e. The van der Waals surface area contributed by atoms with E-state index in [-0.39, 0.29) is 16.7 Å². The first-order valence-corrected chi connectivity index (χ1v) is 7.07. The summed E-state index contributed by atoms with van der Waals surface area (Å²) in [4.78, 5) is 12.0. The summed E-state index contributed by atoms with van der Waals surface area (Å²) in [6, 6.07) is 0. The molecule has 1 aromatic rings. The number of nitrogens with zero attached hydrogens (tertiary/aromatic N) is 2. The van der Waals surface area contributed by atoms with Crippen LogP contribution in [0.1, 0.15) is 26.7 Å². The smallest absolute Gasteiger partial charge is 0.287 e. The summed E-state index contributed by atoms with van der Waals surface area (Å²) >= 11 is 6.09. The van der Waals surface area contributed by atoms with Gasteiger partial charge in [-0.15, -0.1) is 0 Å². The predicted octanol–water partition coefficient (Wildman–Crippen LogP) is 2.14. The molecule has 2 rings (SSSR count). The van der Waals surface area contributed by atoms with E-state index in [1.54, 1.807) is 6.20 Å². The number of hydrogen-bond acceptors (Lipinski definition) is 4. The summed E-state index contributed by atoms with van der Waals surface area (Å²) in [5, 5.41) is 7.49. The van der Waals surface area contributed by atoms with Crippen LogP contribution in [0, 0.1) is 5.92 Å². The fraction of sp³-hybridized carbons (Fsp3) is 0.692. The molecule has 1 atom stereocenters. The van der Waals surface area contributed by atoms with Crippen LogP contribution in [-0.2, 0) is 11.3 Å². The molecule has 1 saturated heterocycles. The van der Waals surface area contributed by atoms with E-state index >= 15 is 0 Å². The molecule has 6 heteroatoms. The van der Waals surface area contributed by atoms with Gasteiger partial charge in [0.2, 0.25) is 0 Å². The lowest BCUT2D eigenvalue weighted by Gasteiger charge is -2.14.